The van der Waals surface area contributed by atoms with Gasteiger partial charge in [0.05, 0.1) is 22.7 Å². The van der Waals surface area contributed by atoms with Crippen LogP contribution in [-0.2, 0) is 22.7 Å². The molecule has 50 heavy (non-hydrogen) atoms. The molecule has 2 aliphatic rings. The van der Waals surface area contributed by atoms with E-state index in [1.807, 2.05) is 60.7 Å². The zero-order chi connectivity index (χ0) is 34.8. The van der Waals surface area contributed by atoms with E-state index in [1.165, 1.54) is 12.2 Å². The van der Waals surface area contributed by atoms with E-state index in [4.69, 9.17) is 0 Å². The Morgan fingerprint density at radius 2 is 0.940 bits per heavy atom. The van der Waals surface area contributed by atoms with Crippen LogP contribution in [0.15, 0.2) is 140 Å². The number of nitriles is 2. The number of fused-ring (bicyclic) bond motifs is 4. The third-order valence-electron chi connectivity index (χ3n) is 8.33. The molecule has 5 aromatic rings. The largest absolute Gasteiger partial charge is 0.477 e. The molecule has 0 aliphatic carbocycles. The molecule has 0 aromatic heterocycles. The van der Waals surface area contributed by atoms with E-state index >= 15 is 0 Å². The maximum Gasteiger partial charge on any atom is 0.346 e. The summed E-state index contributed by atoms with van der Waals surface area (Å²) in [6.07, 6.45) is 2.79. The summed E-state index contributed by atoms with van der Waals surface area (Å²) in [5.41, 5.74) is 7.07. The Morgan fingerprint density at radius 3 is 1.32 bits per heavy atom. The molecular formula is C40H26N4O4S2. The molecule has 2 N–H and O–H groups in total. The average Bonchev–Trinajstić information content (AvgIpc) is 3.12. The highest BCUT2D eigenvalue weighted by Crippen LogP contribution is 2.50. The number of anilines is 4. The van der Waals surface area contributed by atoms with Crippen LogP contribution in [0, 0.1) is 22.7 Å². The lowest BCUT2D eigenvalue weighted by Crippen LogP contribution is -2.21. The van der Waals surface area contributed by atoms with Crippen LogP contribution < -0.4 is 9.80 Å². The van der Waals surface area contributed by atoms with Gasteiger partial charge in [0.1, 0.15) is 23.3 Å². The van der Waals surface area contributed by atoms with E-state index in [0.29, 0.717) is 24.2 Å². The predicted molar refractivity (Wildman–Crippen MR) is 195 cm³/mol. The van der Waals surface area contributed by atoms with E-state index < -0.39 is 11.9 Å². The summed E-state index contributed by atoms with van der Waals surface area (Å²) in [5, 5.41) is 37.2. The lowest BCUT2D eigenvalue weighted by atomic mass is 10.1. The number of carbonyl (C=O) groups is 2. The average molecular weight is 691 g/mol. The summed E-state index contributed by atoms with van der Waals surface area (Å²) in [6, 6.07) is 39.9. The van der Waals surface area contributed by atoms with Crippen molar-refractivity contribution in [2.24, 2.45) is 0 Å². The molecular weight excluding hydrogens is 665 g/mol. The Morgan fingerprint density at radius 1 is 0.560 bits per heavy atom. The number of aliphatic carboxylic acids is 2. The van der Waals surface area contributed by atoms with E-state index in [0.717, 1.165) is 53.5 Å². The molecule has 10 heteroatoms. The number of hydrogen-bond acceptors (Lipinski definition) is 8. The first-order chi connectivity index (χ1) is 24.3. The minimum Gasteiger partial charge on any atom is -0.477 e. The van der Waals surface area contributed by atoms with Crippen molar-refractivity contribution in [2.75, 3.05) is 9.80 Å². The SMILES string of the molecule is N#C/C(=C/c1ccc2c(c1)Sc1ccccc1N2Cc1ccc(CN2c3ccccc3Sc3cc(/C=C(/C#N)C(=O)O)ccc32)cc1)C(=O)O. The van der Waals surface area contributed by atoms with Crippen LogP contribution in [0.4, 0.5) is 22.7 Å². The van der Waals surface area contributed by atoms with Crippen molar-refractivity contribution in [1.82, 2.24) is 0 Å². The molecule has 0 bridgehead atoms. The fraction of sp³-hybridized carbons (Fsp3) is 0.0500. The molecule has 0 saturated heterocycles. The molecule has 5 aromatic carbocycles. The Balaban J connectivity index is 1.16. The normalized spacial score (nSPS) is 13.2. The van der Waals surface area contributed by atoms with Crippen molar-refractivity contribution in [3.05, 3.63) is 143 Å². The second kappa shape index (κ2) is 13.7. The van der Waals surface area contributed by atoms with Gasteiger partial charge in [-0.3, -0.25) is 0 Å². The highest BCUT2D eigenvalue weighted by Gasteiger charge is 2.26. The first-order valence-corrected chi connectivity index (χ1v) is 17.1. The highest BCUT2D eigenvalue weighted by atomic mass is 32.2. The van der Waals surface area contributed by atoms with Crippen LogP contribution in [0.25, 0.3) is 12.2 Å². The molecule has 7 rings (SSSR count). The van der Waals surface area contributed by atoms with Crippen molar-refractivity contribution < 1.29 is 19.8 Å². The molecule has 2 heterocycles. The number of hydrogen-bond donors (Lipinski definition) is 2. The second-order valence-electron chi connectivity index (χ2n) is 11.5. The Labute approximate surface area is 296 Å². The summed E-state index contributed by atoms with van der Waals surface area (Å²) in [4.78, 5) is 31.5. The van der Waals surface area contributed by atoms with Crippen molar-refractivity contribution in [2.45, 2.75) is 32.7 Å². The lowest BCUT2D eigenvalue weighted by molar-refractivity contribution is -0.133. The van der Waals surface area contributed by atoms with Gasteiger partial charge in [0.25, 0.3) is 0 Å². The zero-order valence-corrected chi connectivity index (χ0v) is 27.9. The third-order valence-corrected chi connectivity index (χ3v) is 10.6. The predicted octanol–water partition coefficient (Wildman–Crippen LogP) is 9.28. The highest BCUT2D eigenvalue weighted by molar-refractivity contribution is 8.00. The Bertz CT molecular complexity index is 2170. The summed E-state index contributed by atoms with van der Waals surface area (Å²) < 4.78 is 0. The molecule has 0 fully saturated rings. The van der Waals surface area contributed by atoms with Crippen molar-refractivity contribution in [3.8, 4) is 12.1 Å². The van der Waals surface area contributed by atoms with Gasteiger partial charge in [-0.05, 0) is 82.9 Å². The van der Waals surface area contributed by atoms with Gasteiger partial charge < -0.3 is 20.0 Å². The van der Waals surface area contributed by atoms with E-state index in [-0.39, 0.29) is 11.1 Å². The van der Waals surface area contributed by atoms with Crippen LogP contribution in [0.1, 0.15) is 22.3 Å². The molecule has 242 valence electrons. The van der Waals surface area contributed by atoms with Crippen molar-refractivity contribution >= 4 is 70.4 Å². The van der Waals surface area contributed by atoms with Gasteiger partial charge in [0, 0.05) is 32.7 Å². The minimum atomic E-state index is -1.25. The fourth-order valence-corrected chi connectivity index (χ4v) is 8.24. The van der Waals surface area contributed by atoms with Crippen LogP contribution in [0.5, 0.6) is 0 Å². The minimum absolute atomic E-state index is 0.315. The molecule has 0 amide bonds. The van der Waals surface area contributed by atoms with Gasteiger partial charge in [-0.1, -0.05) is 84.2 Å². The first kappa shape index (κ1) is 32.4. The van der Waals surface area contributed by atoms with Crippen LogP contribution in [0.3, 0.4) is 0 Å². The quantitative estimate of drug-likeness (QED) is 0.120. The van der Waals surface area contributed by atoms with Gasteiger partial charge in [-0.2, -0.15) is 10.5 Å². The second-order valence-corrected chi connectivity index (χ2v) is 13.7. The summed E-state index contributed by atoms with van der Waals surface area (Å²) in [6.45, 7) is 1.23. The number of carboxylic acids is 2. The van der Waals surface area contributed by atoms with Crippen LogP contribution >= 0.6 is 23.5 Å². The molecule has 0 unspecified atom stereocenters. The topological polar surface area (TPSA) is 129 Å². The van der Waals surface area contributed by atoms with E-state index in [1.54, 1.807) is 35.7 Å². The number of para-hydroxylation sites is 2. The standard InChI is InChI=1S/C40H26N4O4S2/c41-21-29(39(45)46)17-27-13-15-33-37(19-27)49-35-7-3-1-5-31(35)43(33)23-25-9-11-26(12-10-25)24-44-32-6-2-4-8-36(32)50-38-20-28(14-16-34(38)44)18-30(22-42)40(47)48/h1-20H,23-24H2,(H,45,46)(H,47,48)/b29-17-,30-18-. The third kappa shape index (κ3) is 6.46. The van der Waals surface area contributed by atoms with Crippen LogP contribution in [-0.4, -0.2) is 22.2 Å². The lowest BCUT2D eigenvalue weighted by Gasteiger charge is -2.34. The first-order valence-electron chi connectivity index (χ1n) is 15.5. The summed E-state index contributed by atoms with van der Waals surface area (Å²) in [5.74, 6) is -2.51. The zero-order valence-electron chi connectivity index (χ0n) is 26.3. The fourth-order valence-electron chi connectivity index (χ4n) is 5.95. The van der Waals surface area contributed by atoms with E-state index in [9.17, 15) is 30.3 Å². The van der Waals surface area contributed by atoms with Crippen molar-refractivity contribution in [1.29, 1.82) is 10.5 Å². The molecule has 0 spiro atoms. The summed E-state index contributed by atoms with van der Waals surface area (Å²) >= 11 is 3.24. The smallest absolute Gasteiger partial charge is 0.346 e. The molecule has 0 radical (unpaired) electrons. The molecule has 0 saturated carbocycles. The van der Waals surface area contributed by atoms with E-state index in [2.05, 4.69) is 58.3 Å². The number of carboxylic acid groups (broad SMARTS) is 2. The number of nitrogens with zero attached hydrogens (tertiary/aromatic N) is 4. The molecule has 2 aliphatic heterocycles. The maximum atomic E-state index is 11.4. The van der Waals surface area contributed by atoms with Crippen LogP contribution in [0.2, 0.25) is 0 Å². The Kier molecular flexibility index (Phi) is 8.88. The Hall–Kier alpha value is -6.20. The van der Waals surface area contributed by atoms with Gasteiger partial charge in [0.2, 0.25) is 0 Å². The van der Waals surface area contributed by atoms with Gasteiger partial charge in [-0.15, -0.1) is 0 Å². The summed E-state index contributed by atoms with van der Waals surface area (Å²) in [7, 11) is 0. The maximum absolute atomic E-state index is 11.4. The molecule has 8 nitrogen and oxygen atoms in total. The van der Waals surface area contributed by atoms with Gasteiger partial charge in [-0.25, -0.2) is 9.59 Å². The number of rotatable bonds is 8. The van der Waals surface area contributed by atoms with Gasteiger partial charge >= 0.3 is 11.9 Å². The monoisotopic (exact) mass is 690 g/mol. The van der Waals surface area contributed by atoms with Crippen molar-refractivity contribution in [3.63, 3.8) is 0 Å². The number of benzene rings is 5. The molecule has 0 atom stereocenters. The van der Waals surface area contributed by atoms with Gasteiger partial charge in [0.15, 0.2) is 0 Å².